The van der Waals surface area contributed by atoms with Crippen molar-refractivity contribution in [2.45, 2.75) is 13.0 Å². The summed E-state index contributed by atoms with van der Waals surface area (Å²) in [7, 11) is 0. The van der Waals surface area contributed by atoms with Crippen LogP contribution < -0.4 is 5.73 Å². The lowest BCUT2D eigenvalue weighted by molar-refractivity contribution is 0.146. The Morgan fingerprint density at radius 2 is 2.27 bits per heavy atom. The molecule has 1 aromatic rings. The Morgan fingerprint density at radius 3 is 2.55 bits per heavy atom. The molecule has 0 aliphatic carbocycles. The fourth-order valence-electron chi connectivity index (χ4n) is 0.519. The van der Waals surface area contributed by atoms with Crippen LogP contribution in [0.3, 0.4) is 0 Å². The highest BCUT2D eigenvalue weighted by molar-refractivity contribution is 7.09. The van der Waals surface area contributed by atoms with Crippen molar-refractivity contribution in [1.29, 1.82) is 0 Å². The second kappa shape index (κ2) is 4.58. The molecule has 0 bridgehead atoms. The number of alkyl halides is 2. The monoisotopic (exact) mass is 200 g/mol. The first kappa shape index (κ1) is 10.7. The van der Waals surface area contributed by atoms with Crippen LogP contribution in [0.25, 0.3) is 0 Å². The van der Waals surface area contributed by atoms with Gasteiger partial charge in [0, 0.05) is 11.9 Å². The van der Waals surface area contributed by atoms with Gasteiger partial charge < -0.3 is 5.73 Å². The van der Waals surface area contributed by atoms with Gasteiger partial charge in [-0.3, -0.25) is 0 Å². The maximum Gasteiger partial charge on any atom is 0.281 e. The topological polar surface area (TPSA) is 38.9 Å². The first-order valence-corrected chi connectivity index (χ1v) is 3.54. The molecule has 0 atom stereocenters. The van der Waals surface area contributed by atoms with Crippen molar-refractivity contribution in [2.24, 2.45) is 5.73 Å². The molecule has 0 radical (unpaired) electrons. The smallest absolute Gasteiger partial charge is 0.281 e. The van der Waals surface area contributed by atoms with Gasteiger partial charge >= 0.3 is 0 Å². The third-order valence-corrected chi connectivity index (χ3v) is 1.86. The van der Waals surface area contributed by atoms with Crippen molar-refractivity contribution in [2.75, 3.05) is 0 Å². The van der Waals surface area contributed by atoms with E-state index < -0.39 is 6.43 Å². The first-order valence-electron chi connectivity index (χ1n) is 2.66. The molecule has 0 fully saturated rings. The van der Waals surface area contributed by atoms with Crippen LogP contribution in [-0.2, 0) is 6.54 Å². The highest BCUT2D eigenvalue weighted by Crippen LogP contribution is 2.20. The van der Waals surface area contributed by atoms with E-state index in [2.05, 4.69) is 4.98 Å². The molecule has 0 aromatic carbocycles. The Kier molecular flexibility index (Phi) is 4.48. The molecule has 1 aromatic heterocycles. The lowest BCUT2D eigenvalue weighted by Gasteiger charge is -1.88. The number of nitrogens with zero attached hydrogens (tertiary/aromatic N) is 1. The number of rotatable bonds is 2. The molecule has 0 saturated heterocycles. The summed E-state index contributed by atoms with van der Waals surface area (Å²) >= 11 is 1.16. The lowest BCUT2D eigenvalue weighted by atomic mass is 10.5. The van der Waals surface area contributed by atoms with Gasteiger partial charge in [-0.1, -0.05) is 0 Å². The summed E-state index contributed by atoms with van der Waals surface area (Å²) in [6.45, 7) is 0.234. The van der Waals surface area contributed by atoms with Gasteiger partial charge in [0.25, 0.3) is 6.43 Å². The van der Waals surface area contributed by atoms with Crippen molar-refractivity contribution >= 4 is 23.7 Å². The van der Waals surface area contributed by atoms with Gasteiger partial charge in [-0.2, -0.15) is 0 Å². The molecule has 64 valence electrons. The minimum Gasteiger partial charge on any atom is -0.325 e. The molecule has 1 rings (SSSR count). The zero-order valence-electron chi connectivity index (χ0n) is 5.46. The molecular weight excluding hydrogens is 194 g/mol. The van der Waals surface area contributed by atoms with E-state index in [-0.39, 0.29) is 24.6 Å². The van der Waals surface area contributed by atoms with Crippen LogP contribution >= 0.6 is 23.7 Å². The zero-order chi connectivity index (χ0) is 7.56. The predicted molar refractivity (Wildman–Crippen MR) is 42.2 cm³/mol. The quantitative estimate of drug-likeness (QED) is 0.793. The predicted octanol–water partition coefficient (Wildman–Crippen LogP) is 1.96. The number of nitrogens with two attached hydrogens (primary N) is 1. The maximum absolute atomic E-state index is 11.8. The average Bonchev–Trinajstić information content (AvgIpc) is 2.34. The second-order valence-corrected chi connectivity index (χ2v) is 2.61. The van der Waals surface area contributed by atoms with Crippen molar-refractivity contribution < 1.29 is 8.78 Å². The summed E-state index contributed by atoms with van der Waals surface area (Å²) in [5.41, 5.74) is 4.99. The van der Waals surface area contributed by atoms with Gasteiger partial charge in [0.2, 0.25) is 0 Å². The molecular formula is C5H7ClF2N2S. The summed E-state index contributed by atoms with van der Waals surface area (Å²) in [6.07, 6.45) is -2.48. The van der Waals surface area contributed by atoms with Crippen LogP contribution in [0.2, 0.25) is 0 Å². The molecule has 1 heterocycles. The molecule has 2 nitrogen and oxygen atoms in total. The van der Waals surface area contributed by atoms with Crippen molar-refractivity contribution in [3.05, 3.63) is 16.1 Å². The van der Waals surface area contributed by atoms with Crippen LogP contribution in [0.15, 0.2) is 5.38 Å². The van der Waals surface area contributed by atoms with E-state index >= 15 is 0 Å². The number of aromatic nitrogens is 1. The van der Waals surface area contributed by atoms with Crippen LogP contribution in [0, 0.1) is 0 Å². The summed E-state index contributed by atoms with van der Waals surface area (Å²) in [6, 6.07) is 0. The molecule has 0 aliphatic rings. The Labute approximate surface area is 72.8 Å². The average molecular weight is 201 g/mol. The molecule has 0 saturated carbocycles. The summed E-state index contributed by atoms with van der Waals surface area (Å²) in [4.78, 5) is 3.57. The number of hydrogen-bond acceptors (Lipinski definition) is 3. The van der Waals surface area contributed by atoms with Crippen molar-refractivity contribution in [1.82, 2.24) is 4.98 Å². The lowest BCUT2D eigenvalue weighted by Crippen LogP contribution is -1.95. The Balaban J connectivity index is 0.000001000. The minimum absolute atomic E-state index is 0. The molecule has 0 unspecified atom stereocenters. The van der Waals surface area contributed by atoms with E-state index in [1.54, 1.807) is 0 Å². The van der Waals surface area contributed by atoms with E-state index in [1.807, 2.05) is 0 Å². The SMILES string of the molecule is Cl.NCc1nc(C(F)F)cs1. The summed E-state index contributed by atoms with van der Waals surface area (Å²) in [5, 5.41) is 1.88. The molecule has 0 amide bonds. The van der Waals surface area contributed by atoms with Gasteiger partial charge in [-0.25, -0.2) is 13.8 Å². The molecule has 6 heteroatoms. The first-order chi connectivity index (χ1) is 4.74. The van der Waals surface area contributed by atoms with E-state index in [9.17, 15) is 8.78 Å². The number of halogens is 3. The van der Waals surface area contributed by atoms with Crippen LogP contribution in [0.5, 0.6) is 0 Å². The largest absolute Gasteiger partial charge is 0.325 e. The van der Waals surface area contributed by atoms with E-state index in [0.717, 1.165) is 11.3 Å². The zero-order valence-corrected chi connectivity index (χ0v) is 7.09. The van der Waals surface area contributed by atoms with Gasteiger partial charge in [-0.05, 0) is 0 Å². The highest BCUT2D eigenvalue weighted by atomic mass is 35.5. The van der Waals surface area contributed by atoms with Gasteiger partial charge in [0.15, 0.2) is 0 Å². The van der Waals surface area contributed by atoms with Gasteiger partial charge in [0.05, 0.1) is 0 Å². The van der Waals surface area contributed by atoms with Gasteiger partial charge in [0.1, 0.15) is 10.7 Å². The fourth-order valence-corrected chi connectivity index (χ4v) is 1.19. The molecule has 11 heavy (non-hydrogen) atoms. The van der Waals surface area contributed by atoms with Crippen molar-refractivity contribution in [3.63, 3.8) is 0 Å². The van der Waals surface area contributed by atoms with Gasteiger partial charge in [-0.15, -0.1) is 23.7 Å². The Morgan fingerprint density at radius 1 is 1.64 bits per heavy atom. The van der Waals surface area contributed by atoms with E-state index in [0.29, 0.717) is 5.01 Å². The fraction of sp³-hybridized carbons (Fsp3) is 0.400. The molecule has 0 aliphatic heterocycles. The van der Waals surface area contributed by atoms with E-state index in [4.69, 9.17) is 5.73 Å². The van der Waals surface area contributed by atoms with Crippen LogP contribution in [0.1, 0.15) is 17.1 Å². The maximum atomic E-state index is 11.8. The summed E-state index contributed by atoms with van der Waals surface area (Å²) < 4.78 is 23.6. The van der Waals surface area contributed by atoms with Crippen LogP contribution in [0.4, 0.5) is 8.78 Å². The molecule has 2 N–H and O–H groups in total. The van der Waals surface area contributed by atoms with Crippen LogP contribution in [-0.4, -0.2) is 4.98 Å². The highest BCUT2D eigenvalue weighted by Gasteiger charge is 2.10. The minimum atomic E-state index is -2.48. The molecule has 0 spiro atoms. The number of thiazole rings is 1. The van der Waals surface area contributed by atoms with E-state index in [1.165, 1.54) is 5.38 Å². The summed E-state index contributed by atoms with van der Waals surface area (Å²) in [5.74, 6) is 0. The Hall–Kier alpha value is -0.260. The van der Waals surface area contributed by atoms with Crippen molar-refractivity contribution in [3.8, 4) is 0 Å². The normalized spacial score (nSPS) is 9.82. The third kappa shape index (κ3) is 2.69. The third-order valence-electron chi connectivity index (χ3n) is 0.968. The Bertz CT molecular complexity index is 216. The standard InChI is InChI=1S/C5H6F2N2S.ClH/c6-5(7)3-2-10-4(1-8)9-3;/h2,5H,1,8H2;1H. The second-order valence-electron chi connectivity index (χ2n) is 1.67. The number of hydrogen-bond donors (Lipinski definition) is 1.